The van der Waals surface area contributed by atoms with Crippen molar-refractivity contribution in [1.29, 1.82) is 0 Å². The zero-order valence-corrected chi connectivity index (χ0v) is 14.4. The van der Waals surface area contributed by atoms with Crippen molar-refractivity contribution in [3.63, 3.8) is 0 Å². The number of nitrogens with zero attached hydrogens (tertiary/aromatic N) is 1. The number of fused-ring (bicyclic) bond motifs is 1. The summed E-state index contributed by atoms with van der Waals surface area (Å²) in [6, 6.07) is 14.0. The zero-order valence-electron chi connectivity index (χ0n) is 12.8. The highest BCUT2D eigenvalue weighted by Gasteiger charge is 2.31. The number of carbonyl (C=O) groups is 2. The molecule has 2 aromatic rings. The van der Waals surface area contributed by atoms with E-state index in [9.17, 15) is 9.59 Å². The average Bonchev–Trinajstić information content (AvgIpc) is 2.82. The van der Waals surface area contributed by atoms with Crippen LogP contribution in [0.2, 0.25) is 0 Å². The number of rotatable bonds is 5. The normalized spacial score (nSPS) is 16.3. The van der Waals surface area contributed by atoms with Crippen LogP contribution in [0.15, 0.2) is 47.4 Å². The second kappa shape index (κ2) is 7.15. The highest BCUT2D eigenvalue weighted by atomic mass is 32.2. The molecule has 1 heterocycles. The van der Waals surface area contributed by atoms with Gasteiger partial charge in [-0.2, -0.15) is 0 Å². The first-order valence-corrected chi connectivity index (χ1v) is 8.73. The van der Waals surface area contributed by atoms with Gasteiger partial charge in [0.05, 0.1) is 4.91 Å². The Morgan fingerprint density at radius 1 is 1.21 bits per heavy atom. The summed E-state index contributed by atoms with van der Waals surface area (Å²) in [4.78, 5) is 25.2. The number of carbonyl (C=O) groups excluding carboxylic acids is 1. The van der Waals surface area contributed by atoms with Gasteiger partial charge in [-0.25, -0.2) is 0 Å². The summed E-state index contributed by atoms with van der Waals surface area (Å²) < 4.78 is 0.483. The molecule has 6 heteroatoms. The summed E-state index contributed by atoms with van der Waals surface area (Å²) in [7, 11) is 0. The number of carboxylic acids is 1. The van der Waals surface area contributed by atoms with Crippen LogP contribution in [0.5, 0.6) is 0 Å². The van der Waals surface area contributed by atoms with Crippen LogP contribution >= 0.6 is 24.0 Å². The van der Waals surface area contributed by atoms with E-state index >= 15 is 0 Å². The molecule has 24 heavy (non-hydrogen) atoms. The second-order valence-electron chi connectivity index (χ2n) is 5.40. The molecule has 1 amide bonds. The van der Waals surface area contributed by atoms with Crippen molar-refractivity contribution in [2.45, 2.75) is 12.8 Å². The molecule has 0 aromatic heterocycles. The predicted octanol–water partition coefficient (Wildman–Crippen LogP) is 3.91. The summed E-state index contributed by atoms with van der Waals surface area (Å²) in [5.74, 6) is -1.02. The summed E-state index contributed by atoms with van der Waals surface area (Å²) in [5.41, 5.74) is 0.971. The van der Waals surface area contributed by atoms with Crippen molar-refractivity contribution in [1.82, 2.24) is 4.90 Å². The lowest BCUT2D eigenvalue weighted by molar-refractivity contribution is -0.137. The lowest BCUT2D eigenvalue weighted by Gasteiger charge is -2.13. The molecule has 0 unspecified atom stereocenters. The van der Waals surface area contributed by atoms with Crippen molar-refractivity contribution in [3.05, 3.63) is 52.9 Å². The fourth-order valence-electron chi connectivity index (χ4n) is 2.60. The van der Waals surface area contributed by atoms with Crippen LogP contribution in [-0.2, 0) is 9.59 Å². The third-order valence-electron chi connectivity index (χ3n) is 3.76. The van der Waals surface area contributed by atoms with E-state index in [1.807, 2.05) is 48.5 Å². The number of thiocarbonyl (C=S) groups is 1. The molecule has 122 valence electrons. The van der Waals surface area contributed by atoms with Crippen LogP contribution in [0.3, 0.4) is 0 Å². The molecule has 0 spiro atoms. The van der Waals surface area contributed by atoms with Crippen molar-refractivity contribution >= 4 is 57.0 Å². The minimum Gasteiger partial charge on any atom is -0.481 e. The molecule has 3 rings (SSSR count). The number of carboxylic acid groups (broad SMARTS) is 1. The first-order chi connectivity index (χ1) is 11.6. The van der Waals surface area contributed by atoms with Crippen LogP contribution < -0.4 is 0 Å². The van der Waals surface area contributed by atoms with Gasteiger partial charge < -0.3 is 5.11 Å². The maximum Gasteiger partial charge on any atom is 0.303 e. The molecule has 0 radical (unpaired) electrons. The van der Waals surface area contributed by atoms with Gasteiger partial charge in [0.25, 0.3) is 5.91 Å². The van der Waals surface area contributed by atoms with Crippen LogP contribution in [-0.4, -0.2) is 32.7 Å². The highest BCUT2D eigenvalue weighted by Crippen LogP contribution is 2.34. The van der Waals surface area contributed by atoms with E-state index in [1.54, 1.807) is 0 Å². The van der Waals surface area contributed by atoms with E-state index in [-0.39, 0.29) is 12.3 Å². The van der Waals surface area contributed by atoms with Crippen LogP contribution in [0.1, 0.15) is 18.4 Å². The Labute approximate surface area is 149 Å². The average molecular weight is 357 g/mol. The molecule has 4 nitrogen and oxygen atoms in total. The van der Waals surface area contributed by atoms with Crippen LogP contribution in [0.25, 0.3) is 16.8 Å². The molecule has 0 bridgehead atoms. The molecule has 0 saturated carbocycles. The molecule has 2 aromatic carbocycles. The fraction of sp³-hybridized carbons (Fsp3) is 0.167. The van der Waals surface area contributed by atoms with E-state index < -0.39 is 5.97 Å². The van der Waals surface area contributed by atoms with Crippen LogP contribution in [0.4, 0.5) is 0 Å². The Hall–Kier alpha value is -2.18. The molecule has 1 aliphatic rings. The maximum atomic E-state index is 12.5. The molecule has 1 saturated heterocycles. The standard InChI is InChI=1S/C18H15NO3S2/c20-16(21)9-4-10-19-17(22)15(24-18(19)23)11-13-7-3-6-12-5-1-2-8-14(12)13/h1-3,5-8,11H,4,9-10H2,(H,20,21)/b15-11+. The first kappa shape index (κ1) is 16.7. The molecule has 0 aliphatic carbocycles. The smallest absolute Gasteiger partial charge is 0.303 e. The van der Waals surface area contributed by atoms with Gasteiger partial charge in [-0.15, -0.1) is 0 Å². The van der Waals surface area contributed by atoms with Crippen molar-refractivity contribution in [2.24, 2.45) is 0 Å². The van der Waals surface area contributed by atoms with E-state index in [0.29, 0.717) is 22.2 Å². The number of amides is 1. The Morgan fingerprint density at radius 2 is 1.96 bits per heavy atom. The monoisotopic (exact) mass is 357 g/mol. The molecular weight excluding hydrogens is 342 g/mol. The highest BCUT2D eigenvalue weighted by molar-refractivity contribution is 8.26. The number of thioether (sulfide) groups is 1. The largest absolute Gasteiger partial charge is 0.481 e. The lowest BCUT2D eigenvalue weighted by atomic mass is 10.0. The number of hydrogen-bond acceptors (Lipinski definition) is 4. The van der Waals surface area contributed by atoms with E-state index in [0.717, 1.165) is 16.3 Å². The Balaban J connectivity index is 1.84. The van der Waals surface area contributed by atoms with Crippen molar-refractivity contribution in [3.8, 4) is 0 Å². The Kier molecular flexibility index (Phi) is 4.97. The molecule has 0 atom stereocenters. The number of aliphatic carboxylic acids is 1. The predicted molar refractivity (Wildman–Crippen MR) is 101 cm³/mol. The third-order valence-corrected chi connectivity index (χ3v) is 5.13. The van der Waals surface area contributed by atoms with E-state index in [1.165, 1.54) is 16.7 Å². The van der Waals surface area contributed by atoms with Gasteiger partial charge >= 0.3 is 5.97 Å². The quantitative estimate of drug-likeness (QED) is 0.649. The Bertz CT molecular complexity index is 855. The lowest BCUT2D eigenvalue weighted by Crippen LogP contribution is -2.29. The SMILES string of the molecule is O=C(O)CCCN1C(=O)/C(=C\c2cccc3ccccc23)SC1=S. The van der Waals surface area contributed by atoms with Crippen LogP contribution in [0, 0.1) is 0 Å². The topological polar surface area (TPSA) is 57.6 Å². The molecule has 1 fully saturated rings. The molecule has 1 aliphatic heterocycles. The first-order valence-electron chi connectivity index (χ1n) is 7.51. The van der Waals surface area contributed by atoms with Gasteiger partial charge in [0.2, 0.25) is 0 Å². The third kappa shape index (κ3) is 3.49. The van der Waals surface area contributed by atoms with E-state index in [2.05, 4.69) is 0 Å². The maximum absolute atomic E-state index is 12.5. The minimum absolute atomic E-state index is 0.0272. The number of benzene rings is 2. The molecule has 1 N–H and O–H groups in total. The van der Waals surface area contributed by atoms with Gasteiger partial charge in [-0.1, -0.05) is 66.4 Å². The Morgan fingerprint density at radius 3 is 2.75 bits per heavy atom. The van der Waals surface area contributed by atoms with Gasteiger partial charge in [0, 0.05) is 13.0 Å². The zero-order chi connectivity index (χ0) is 17.1. The summed E-state index contributed by atoms with van der Waals surface area (Å²) in [6.45, 7) is 0.337. The summed E-state index contributed by atoms with van der Waals surface area (Å²) in [5, 5.41) is 10.9. The van der Waals surface area contributed by atoms with Crippen molar-refractivity contribution < 1.29 is 14.7 Å². The number of hydrogen-bond donors (Lipinski definition) is 1. The fourth-order valence-corrected chi connectivity index (χ4v) is 3.90. The second-order valence-corrected chi connectivity index (χ2v) is 7.07. The summed E-state index contributed by atoms with van der Waals surface area (Å²) in [6.07, 6.45) is 2.28. The molecular formula is C18H15NO3S2. The van der Waals surface area contributed by atoms with Gasteiger partial charge in [-0.05, 0) is 28.8 Å². The van der Waals surface area contributed by atoms with Gasteiger partial charge in [0.15, 0.2) is 0 Å². The minimum atomic E-state index is -0.869. The van der Waals surface area contributed by atoms with Gasteiger partial charge in [0.1, 0.15) is 4.32 Å². The summed E-state index contributed by atoms with van der Waals surface area (Å²) >= 11 is 6.53. The van der Waals surface area contributed by atoms with E-state index in [4.69, 9.17) is 17.3 Å². The van der Waals surface area contributed by atoms with Crippen molar-refractivity contribution in [2.75, 3.05) is 6.54 Å². The van der Waals surface area contributed by atoms with Gasteiger partial charge in [-0.3, -0.25) is 14.5 Å².